The van der Waals surface area contributed by atoms with Crippen molar-refractivity contribution in [3.8, 4) is 0 Å². The van der Waals surface area contributed by atoms with E-state index in [0.29, 0.717) is 0 Å². The standard InChI is InChI=1S/C9H10ClN3S/c1-13-7(2-4-12-13)6-11-8-3-5-14-9(8)10/h2-5,11H,6H2,1H3. The van der Waals surface area contributed by atoms with Crippen LogP contribution in [-0.2, 0) is 13.6 Å². The lowest BCUT2D eigenvalue weighted by molar-refractivity contribution is 0.720. The van der Waals surface area contributed by atoms with Crippen LogP contribution in [0.1, 0.15) is 5.69 Å². The Hall–Kier alpha value is -1.00. The Morgan fingerprint density at radius 1 is 1.57 bits per heavy atom. The van der Waals surface area contributed by atoms with Crippen LogP contribution < -0.4 is 5.32 Å². The van der Waals surface area contributed by atoms with Gasteiger partial charge in [-0.15, -0.1) is 11.3 Å². The van der Waals surface area contributed by atoms with Gasteiger partial charge in [0.25, 0.3) is 0 Å². The largest absolute Gasteiger partial charge is 0.378 e. The zero-order valence-electron chi connectivity index (χ0n) is 7.70. The molecule has 0 aliphatic rings. The van der Waals surface area contributed by atoms with E-state index in [2.05, 4.69) is 10.4 Å². The molecular weight excluding hydrogens is 218 g/mol. The zero-order chi connectivity index (χ0) is 9.97. The highest BCUT2D eigenvalue weighted by molar-refractivity contribution is 7.15. The van der Waals surface area contributed by atoms with Gasteiger partial charge >= 0.3 is 0 Å². The predicted molar refractivity (Wildman–Crippen MR) is 59.9 cm³/mol. The molecule has 14 heavy (non-hydrogen) atoms. The molecule has 0 spiro atoms. The molecule has 0 amide bonds. The first-order valence-corrected chi connectivity index (χ1v) is 5.47. The van der Waals surface area contributed by atoms with Crippen LogP contribution >= 0.6 is 22.9 Å². The van der Waals surface area contributed by atoms with E-state index >= 15 is 0 Å². The van der Waals surface area contributed by atoms with E-state index in [1.807, 2.05) is 29.2 Å². The van der Waals surface area contributed by atoms with E-state index < -0.39 is 0 Å². The van der Waals surface area contributed by atoms with E-state index in [4.69, 9.17) is 11.6 Å². The van der Waals surface area contributed by atoms with Crippen molar-refractivity contribution in [2.45, 2.75) is 6.54 Å². The van der Waals surface area contributed by atoms with Gasteiger partial charge in [-0.25, -0.2) is 0 Å². The van der Waals surface area contributed by atoms with E-state index in [1.165, 1.54) is 11.3 Å². The van der Waals surface area contributed by atoms with Gasteiger partial charge in [0.05, 0.1) is 17.9 Å². The molecule has 2 rings (SSSR count). The van der Waals surface area contributed by atoms with E-state index in [9.17, 15) is 0 Å². The average Bonchev–Trinajstić information content (AvgIpc) is 2.72. The lowest BCUT2D eigenvalue weighted by atomic mass is 10.4. The Morgan fingerprint density at radius 2 is 2.43 bits per heavy atom. The smallest absolute Gasteiger partial charge is 0.116 e. The molecule has 0 unspecified atom stereocenters. The minimum atomic E-state index is 0.743. The van der Waals surface area contributed by atoms with Gasteiger partial charge in [-0.05, 0) is 17.5 Å². The van der Waals surface area contributed by atoms with Crippen molar-refractivity contribution in [1.29, 1.82) is 0 Å². The molecule has 3 nitrogen and oxygen atoms in total. The minimum Gasteiger partial charge on any atom is -0.378 e. The van der Waals surface area contributed by atoms with Crippen LogP contribution in [0.25, 0.3) is 0 Å². The lowest BCUT2D eigenvalue weighted by Crippen LogP contribution is -2.04. The van der Waals surface area contributed by atoms with Gasteiger partial charge in [0, 0.05) is 13.2 Å². The first-order valence-electron chi connectivity index (χ1n) is 4.21. The minimum absolute atomic E-state index is 0.743. The molecule has 0 atom stereocenters. The second kappa shape index (κ2) is 4.02. The third-order valence-electron chi connectivity index (χ3n) is 2.00. The molecular formula is C9H10ClN3S. The summed E-state index contributed by atoms with van der Waals surface area (Å²) in [5.74, 6) is 0. The number of hydrogen-bond donors (Lipinski definition) is 1. The molecule has 0 aliphatic heterocycles. The summed E-state index contributed by atoms with van der Waals surface area (Å²) in [5.41, 5.74) is 2.12. The van der Waals surface area contributed by atoms with Crippen LogP contribution in [0.15, 0.2) is 23.7 Å². The molecule has 2 heterocycles. The maximum absolute atomic E-state index is 5.95. The van der Waals surface area contributed by atoms with Gasteiger partial charge in [0.1, 0.15) is 4.34 Å². The van der Waals surface area contributed by atoms with Crippen molar-refractivity contribution in [3.05, 3.63) is 33.7 Å². The summed E-state index contributed by atoms with van der Waals surface area (Å²) in [5, 5.41) is 9.31. The average molecular weight is 228 g/mol. The predicted octanol–water partition coefficient (Wildman–Crippen LogP) is 2.75. The number of hydrogen-bond acceptors (Lipinski definition) is 3. The first kappa shape index (κ1) is 9.55. The van der Waals surface area contributed by atoms with Gasteiger partial charge in [0.15, 0.2) is 0 Å². The van der Waals surface area contributed by atoms with Gasteiger partial charge in [-0.3, -0.25) is 4.68 Å². The Kier molecular flexibility index (Phi) is 2.74. The molecule has 2 aromatic heterocycles. The summed E-state index contributed by atoms with van der Waals surface area (Å²) >= 11 is 7.48. The van der Waals surface area contributed by atoms with Crippen molar-refractivity contribution < 1.29 is 0 Å². The van der Waals surface area contributed by atoms with E-state index in [0.717, 1.165) is 22.3 Å². The van der Waals surface area contributed by atoms with E-state index in [-0.39, 0.29) is 0 Å². The lowest BCUT2D eigenvalue weighted by Gasteiger charge is -2.04. The number of nitrogens with zero attached hydrogens (tertiary/aromatic N) is 2. The van der Waals surface area contributed by atoms with Crippen LogP contribution in [0.4, 0.5) is 5.69 Å². The van der Waals surface area contributed by atoms with Crippen LogP contribution in [0.5, 0.6) is 0 Å². The number of aryl methyl sites for hydroxylation is 1. The van der Waals surface area contributed by atoms with Crippen molar-refractivity contribution in [2.24, 2.45) is 7.05 Å². The van der Waals surface area contributed by atoms with Gasteiger partial charge < -0.3 is 5.32 Å². The fourth-order valence-electron chi connectivity index (χ4n) is 1.18. The summed E-state index contributed by atoms with van der Waals surface area (Å²) in [4.78, 5) is 0. The van der Waals surface area contributed by atoms with Crippen molar-refractivity contribution >= 4 is 28.6 Å². The highest BCUT2D eigenvalue weighted by atomic mass is 35.5. The Labute approximate surface area is 91.3 Å². The molecule has 0 fully saturated rings. The third-order valence-corrected chi connectivity index (χ3v) is 3.17. The maximum Gasteiger partial charge on any atom is 0.116 e. The third kappa shape index (κ3) is 1.91. The number of halogens is 1. The molecule has 0 bridgehead atoms. The quantitative estimate of drug-likeness (QED) is 0.874. The summed E-state index contributed by atoms with van der Waals surface area (Å²) < 4.78 is 2.64. The number of nitrogens with one attached hydrogen (secondary N) is 1. The van der Waals surface area contributed by atoms with Gasteiger partial charge in [-0.2, -0.15) is 5.10 Å². The fourth-order valence-corrected chi connectivity index (χ4v) is 2.05. The molecule has 1 N–H and O–H groups in total. The molecule has 0 radical (unpaired) electrons. The topological polar surface area (TPSA) is 29.9 Å². The zero-order valence-corrected chi connectivity index (χ0v) is 9.27. The van der Waals surface area contributed by atoms with Crippen LogP contribution in [0.3, 0.4) is 0 Å². The second-order valence-electron chi connectivity index (χ2n) is 2.91. The number of rotatable bonds is 3. The van der Waals surface area contributed by atoms with Crippen molar-refractivity contribution in [2.75, 3.05) is 5.32 Å². The molecule has 0 saturated carbocycles. The SMILES string of the molecule is Cn1nccc1CNc1ccsc1Cl. The second-order valence-corrected chi connectivity index (χ2v) is 4.43. The van der Waals surface area contributed by atoms with Crippen molar-refractivity contribution in [1.82, 2.24) is 9.78 Å². The van der Waals surface area contributed by atoms with Gasteiger partial charge in [0.2, 0.25) is 0 Å². The molecule has 2 aromatic rings. The molecule has 0 aliphatic carbocycles. The van der Waals surface area contributed by atoms with Crippen molar-refractivity contribution in [3.63, 3.8) is 0 Å². The highest BCUT2D eigenvalue weighted by Gasteiger charge is 2.02. The fraction of sp³-hybridized carbons (Fsp3) is 0.222. The van der Waals surface area contributed by atoms with Crippen LogP contribution in [-0.4, -0.2) is 9.78 Å². The monoisotopic (exact) mass is 227 g/mol. The number of aromatic nitrogens is 2. The Morgan fingerprint density at radius 3 is 3.00 bits per heavy atom. The molecule has 0 saturated heterocycles. The first-order chi connectivity index (χ1) is 6.77. The van der Waals surface area contributed by atoms with Crippen LogP contribution in [0.2, 0.25) is 4.34 Å². The molecule has 0 aromatic carbocycles. The number of anilines is 1. The Balaban J connectivity index is 2.02. The van der Waals surface area contributed by atoms with Gasteiger partial charge in [-0.1, -0.05) is 11.6 Å². The normalized spacial score (nSPS) is 10.4. The molecule has 74 valence electrons. The number of thiophene rings is 1. The summed E-state index contributed by atoms with van der Waals surface area (Å²) in [7, 11) is 1.92. The summed E-state index contributed by atoms with van der Waals surface area (Å²) in [6, 6.07) is 3.96. The maximum atomic E-state index is 5.95. The summed E-state index contributed by atoms with van der Waals surface area (Å²) in [6.07, 6.45) is 1.78. The van der Waals surface area contributed by atoms with E-state index in [1.54, 1.807) is 6.20 Å². The summed E-state index contributed by atoms with van der Waals surface area (Å²) in [6.45, 7) is 0.743. The Bertz CT molecular complexity index is 381. The van der Waals surface area contributed by atoms with Crippen LogP contribution in [0, 0.1) is 0 Å². The molecule has 5 heteroatoms. The highest BCUT2D eigenvalue weighted by Crippen LogP contribution is 2.27.